The third-order valence-corrected chi connectivity index (χ3v) is 3.13. The second-order valence-corrected chi connectivity index (χ2v) is 4.85. The maximum Gasteiger partial charge on any atom is 0.231 e. The molecule has 0 aliphatic rings. The zero-order chi connectivity index (χ0) is 13.1. The number of hydrogen-bond donors (Lipinski definition) is 2. The van der Waals surface area contributed by atoms with E-state index in [0.29, 0.717) is 5.82 Å². The Morgan fingerprint density at radius 3 is 2.71 bits per heavy atom. The van der Waals surface area contributed by atoms with E-state index >= 15 is 0 Å². The SMILES string of the molecule is CCC(C)(C)C(=O)Nc1cc(CO)c(C)cn1. The van der Waals surface area contributed by atoms with Crippen molar-refractivity contribution in [2.75, 3.05) is 5.32 Å². The number of carbonyl (C=O) groups excluding carboxylic acids is 1. The molecule has 0 radical (unpaired) electrons. The third kappa shape index (κ3) is 3.27. The molecule has 0 aliphatic heterocycles. The Morgan fingerprint density at radius 2 is 2.18 bits per heavy atom. The molecular formula is C13H20N2O2. The van der Waals surface area contributed by atoms with Crippen LogP contribution in [0.1, 0.15) is 38.3 Å². The van der Waals surface area contributed by atoms with E-state index in [4.69, 9.17) is 5.11 Å². The summed E-state index contributed by atoms with van der Waals surface area (Å²) in [6.07, 6.45) is 2.41. The average Bonchev–Trinajstić information content (AvgIpc) is 2.31. The van der Waals surface area contributed by atoms with Crippen LogP contribution in [0.5, 0.6) is 0 Å². The van der Waals surface area contributed by atoms with Gasteiger partial charge in [-0.25, -0.2) is 4.98 Å². The van der Waals surface area contributed by atoms with E-state index in [1.165, 1.54) is 0 Å². The van der Waals surface area contributed by atoms with E-state index in [-0.39, 0.29) is 12.5 Å². The van der Waals surface area contributed by atoms with Crippen LogP contribution in [0.3, 0.4) is 0 Å². The highest BCUT2D eigenvalue weighted by Gasteiger charge is 2.25. The van der Waals surface area contributed by atoms with E-state index in [9.17, 15) is 4.79 Å². The molecule has 0 saturated heterocycles. The van der Waals surface area contributed by atoms with E-state index in [2.05, 4.69) is 10.3 Å². The van der Waals surface area contributed by atoms with Crippen LogP contribution >= 0.6 is 0 Å². The minimum absolute atomic E-state index is 0.0472. The van der Waals surface area contributed by atoms with Gasteiger partial charge in [0.25, 0.3) is 0 Å². The minimum atomic E-state index is -0.411. The zero-order valence-electron chi connectivity index (χ0n) is 10.9. The molecule has 1 aromatic rings. The number of aryl methyl sites for hydroxylation is 1. The molecule has 0 fully saturated rings. The summed E-state index contributed by atoms with van der Waals surface area (Å²) in [6, 6.07) is 1.71. The lowest BCUT2D eigenvalue weighted by Crippen LogP contribution is -2.30. The van der Waals surface area contributed by atoms with Crippen molar-refractivity contribution >= 4 is 11.7 Å². The van der Waals surface area contributed by atoms with Crippen molar-refractivity contribution in [3.8, 4) is 0 Å². The summed E-state index contributed by atoms with van der Waals surface area (Å²) in [5, 5.41) is 11.9. The molecule has 0 spiro atoms. The van der Waals surface area contributed by atoms with Crippen molar-refractivity contribution < 1.29 is 9.90 Å². The molecule has 17 heavy (non-hydrogen) atoms. The number of nitrogens with zero attached hydrogens (tertiary/aromatic N) is 1. The largest absolute Gasteiger partial charge is 0.392 e. The fraction of sp³-hybridized carbons (Fsp3) is 0.538. The van der Waals surface area contributed by atoms with Gasteiger partial charge >= 0.3 is 0 Å². The molecule has 4 heteroatoms. The van der Waals surface area contributed by atoms with Crippen molar-refractivity contribution in [3.05, 3.63) is 23.4 Å². The number of nitrogens with one attached hydrogen (secondary N) is 1. The average molecular weight is 236 g/mol. The second-order valence-electron chi connectivity index (χ2n) is 4.85. The van der Waals surface area contributed by atoms with Gasteiger partial charge in [0.2, 0.25) is 5.91 Å². The highest BCUT2D eigenvalue weighted by Crippen LogP contribution is 2.22. The lowest BCUT2D eigenvalue weighted by Gasteiger charge is -2.21. The standard InChI is InChI=1S/C13H20N2O2/c1-5-13(3,4)12(17)15-11-6-10(8-16)9(2)7-14-11/h6-7,16H,5,8H2,1-4H3,(H,14,15,17). The number of carbonyl (C=O) groups is 1. The minimum Gasteiger partial charge on any atom is -0.392 e. The van der Waals surface area contributed by atoms with Crippen LogP contribution in [0.25, 0.3) is 0 Å². The Balaban J connectivity index is 2.86. The Labute approximate surface area is 102 Å². The highest BCUT2D eigenvalue weighted by molar-refractivity contribution is 5.94. The fourth-order valence-corrected chi connectivity index (χ4v) is 1.25. The van der Waals surface area contributed by atoms with Crippen molar-refractivity contribution in [1.82, 2.24) is 4.98 Å². The molecule has 1 aromatic heterocycles. The smallest absolute Gasteiger partial charge is 0.231 e. The van der Waals surface area contributed by atoms with E-state index < -0.39 is 5.41 Å². The lowest BCUT2D eigenvalue weighted by atomic mass is 9.89. The third-order valence-electron chi connectivity index (χ3n) is 3.13. The van der Waals surface area contributed by atoms with Crippen LogP contribution in [-0.4, -0.2) is 16.0 Å². The van der Waals surface area contributed by atoms with Gasteiger partial charge in [0, 0.05) is 11.6 Å². The first-order valence-corrected chi connectivity index (χ1v) is 5.78. The predicted molar refractivity (Wildman–Crippen MR) is 67.6 cm³/mol. The molecule has 1 rings (SSSR count). The van der Waals surface area contributed by atoms with E-state index in [1.54, 1.807) is 12.3 Å². The Kier molecular flexibility index (Phi) is 4.23. The number of aliphatic hydroxyl groups excluding tert-OH is 1. The van der Waals surface area contributed by atoms with Crippen LogP contribution in [-0.2, 0) is 11.4 Å². The van der Waals surface area contributed by atoms with Crippen LogP contribution < -0.4 is 5.32 Å². The maximum atomic E-state index is 11.9. The molecule has 2 N–H and O–H groups in total. The van der Waals surface area contributed by atoms with Gasteiger partial charge in [0.05, 0.1) is 6.61 Å². The summed E-state index contributed by atoms with van der Waals surface area (Å²) in [5.74, 6) is 0.436. The quantitative estimate of drug-likeness (QED) is 0.843. The van der Waals surface area contributed by atoms with Crippen LogP contribution in [0.2, 0.25) is 0 Å². The first-order valence-electron chi connectivity index (χ1n) is 5.78. The fourth-order valence-electron chi connectivity index (χ4n) is 1.25. The van der Waals surface area contributed by atoms with Gasteiger partial charge in [0.15, 0.2) is 0 Å². The molecule has 4 nitrogen and oxygen atoms in total. The number of aliphatic hydroxyl groups is 1. The molecule has 0 aromatic carbocycles. The van der Waals surface area contributed by atoms with Gasteiger partial charge in [-0.05, 0) is 30.5 Å². The molecular weight excluding hydrogens is 216 g/mol. The monoisotopic (exact) mass is 236 g/mol. The van der Waals surface area contributed by atoms with Gasteiger partial charge in [-0.2, -0.15) is 0 Å². The van der Waals surface area contributed by atoms with Gasteiger partial charge in [-0.15, -0.1) is 0 Å². The summed E-state index contributed by atoms with van der Waals surface area (Å²) >= 11 is 0. The summed E-state index contributed by atoms with van der Waals surface area (Å²) < 4.78 is 0. The van der Waals surface area contributed by atoms with Crippen molar-refractivity contribution in [3.63, 3.8) is 0 Å². The number of aromatic nitrogens is 1. The van der Waals surface area contributed by atoms with Gasteiger partial charge in [0.1, 0.15) is 5.82 Å². The van der Waals surface area contributed by atoms with Gasteiger partial charge in [-0.1, -0.05) is 20.8 Å². The molecule has 1 amide bonds. The van der Waals surface area contributed by atoms with E-state index in [1.807, 2.05) is 27.7 Å². The van der Waals surface area contributed by atoms with E-state index in [0.717, 1.165) is 17.5 Å². The number of rotatable bonds is 4. The van der Waals surface area contributed by atoms with Crippen LogP contribution in [0, 0.1) is 12.3 Å². The highest BCUT2D eigenvalue weighted by atomic mass is 16.3. The molecule has 0 unspecified atom stereocenters. The molecule has 0 atom stereocenters. The summed E-state index contributed by atoms with van der Waals surface area (Å²) in [7, 11) is 0. The van der Waals surface area contributed by atoms with Crippen molar-refractivity contribution in [2.45, 2.75) is 40.7 Å². The molecule has 94 valence electrons. The number of amides is 1. The maximum absolute atomic E-state index is 11.9. The molecule has 0 bridgehead atoms. The first kappa shape index (κ1) is 13.6. The molecule has 0 saturated carbocycles. The number of anilines is 1. The summed E-state index contributed by atoms with van der Waals surface area (Å²) in [6.45, 7) is 7.59. The molecule has 1 heterocycles. The van der Waals surface area contributed by atoms with Gasteiger partial charge < -0.3 is 10.4 Å². The van der Waals surface area contributed by atoms with Crippen molar-refractivity contribution in [1.29, 1.82) is 0 Å². The Morgan fingerprint density at radius 1 is 1.53 bits per heavy atom. The van der Waals surface area contributed by atoms with Crippen molar-refractivity contribution in [2.24, 2.45) is 5.41 Å². The van der Waals surface area contributed by atoms with Crippen LogP contribution in [0.4, 0.5) is 5.82 Å². The Hall–Kier alpha value is -1.42. The first-order chi connectivity index (χ1) is 7.90. The second kappa shape index (κ2) is 5.27. The zero-order valence-corrected chi connectivity index (χ0v) is 10.9. The topological polar surface area (TPSA) is 62.2 Å². The van der Waals surface area contributed by atoms with Crippen LogP contribution in [0.15, 0.2) is 12.3 Å². The summed E-state index contributed by atoms with van der Waals surface area (Å²) in [4.78, 5) is 16.1. The van der Waals surface area contributed by atoms with Gasteiger partial charge in [-0.3, -0.25) is 4.79 Å². The Bertz CT molecular complexity index is 414. The predicted octanol–water partition coefficient (Wildman–Crippen LogP) is 2.26. The number of hydrogen-bond acceptors (Lipinski definition) is 3. The lowest BCUT2D eigenvalue weighted by molar-refractivity contribution is -0.124. The number of pyridine rings is 1. The summed E-state index contributed by atoms with van der Waals surface area (Å²) in [5.41, 5.74) is 1.29. The normalized spacial score (nSPS) is 11.4. The molecule has 0 aliphatic carbocycles.